The fourth-order valence-corrected chi connectivity index (χ4v) is 3.88. The average Bonchev–Trinajstić information content (AvgIpc) is 3.48. The molecule has 1 fully saturated rings. The Morgan fingerprint density at radius 2 is 1.86 bits per heavy atom. The number of anilines is 2. The van der Waals surface area contributed by atoms with Gasteiger partial charge in [-0.25, -0.2) is 4.79 Å². The van der Waals surface area contributed by atoms with Crippen LogP contribution in [0.5, 0.6) is 5.75 Å². The van der Waals surface area contributed by atoms with Crippen molar-refractivity contribution in [3.63, 3.8) is 0 Å². The Balaban J connectivity index is 1.65. The minimum atomic E-state index is -0.635. The summed E-state index contributed by atoms with van der Waals surface area (Å²) in [6.45, 7) is 5.13. The predicted octanol–water partition coefficient (Wildman–Crippen LogP) is 3.83. The van der Waals surface area contributed by atoms with Gasteiger partial charge in [-0.15, -0.1) is 11.3 Å². The van der Waals surface area contributed by atoms with Gasteiger partial charge in [0.05, 0.1) is 18.4 Å². The number of carbonyl (C=O) groups excluding carboxylic acids is 3. The van der Waals surface area contributed by atoms with Crippen LogP contribution in [0.4, 0.5) is 10.7 Å². The summed E-state index contributed by atoms with van der Waals surface area (Å²) in [7, 11) is 1.51. The van der Waals surface area contributed by atoms with E-state index in [1.807, 2.05) is 19.9 Å². The van der Waals surface area contributed by atoms with Crippen LogP contribution in [-0.2, 0) is 14.3 Å². The van der Waals surface area contributed by atoms with E-state index in [9.17, 15) is 14.4 Å². The second kappa shape index (κ2) is 8.65. The first-order chi connectivity index (χ1) is 13.8. The van der Waals surface area contributed by atoms with Crippen molar-refractivity contribution in [1.29, 1.82) is 0 Å². The highest BCUT2D eigenvalue weighted by Gasteiger charge is 2.31. The molecule has 2 N–H and O–H groups in total. The van der Waals surface area contributed by atoms with E-state index >= 15 is 0 Å². The summed E-state index contributed by atoms with van der Waals surface area (Å²) in [6.07, 6.45) is 1.75. The van der Waals surface area contributed by atoms with Crippen molar-refractivity contribution in [2.24, 2.45) is 5.92 Å². The Kier molecular flexibility index (Phi) is 6.22. The molecule has 0 atom stereocenters. The standard InChI is InChI=1S/C21H24N2O5S/c1-11-5-8-16(27-4)15(9-11)22-17(24)10-28-21(26)18-12(2)13(3)29-20(18)23-19(25)14-6-7-14/h5,8-9,14H,6-7,10H2,1-4H3,(H,22,24)(H,23,25). The van der Waals surface area contributed by atoms with Crippen LogP contribution >= 0.6 is 11.3 Å². The molecule has 2 aromatic rings. The molecule has 154 valence electrons. The molecule has 8 heteroatoms. The highest BCUT2D eigenvalue weighted by Crippen LogP contribution is 2.36. The van der Waals surface area contributed by atoms with Gasteiger partial charge in [0.2, 0.25) is 5.91 Å². The van der Waals surface area contributed by atoms with E-state index in [1.54, 1.807) is 19.1 Å². The fourth-order valence-electron chi connectivity index (χ4n) is 2.83. The van der Waals surface area contributed by atoms with Crippen LogP contribution in [0.3, 0.4) is 0 Å². The highest BCUT2D eigenvalue weighted by atomic mass is 32.1. The van der Waals surface area contributed by atoms with Gasteiger partial charge in [-0.1, -0.05) is 6.07 Å². The molecule has 0 aliphatic heterocycles. The number of amides is 2. The quantitative estimate of drug-likeness (QED) is 0.669. The van der Waals surface area contributed by atoms with Gasteiger partial charge >= 0.3 is 5.97 Å². The Bertz CT molecular complexity index is 962. The monoisotopic (exact) mass is 416 g/mol. The van der Waals surface area contributed by atoms with E-state index in [-0.39, 0.29) is 11.8 Å². The van der Waals surface area contributed by atoms with E-state index in [1.165, 1.54) is 18.4 Å². The van der Waals surface area contributed by atoms with E-state index in [2.05, 4.69) is 10.6 Å². The average molecular weight is 416 g/mol. The van der Waals surface area contributed by atoms with E-state index in [0.717, 1.165) is 28.8 Å². The molecule has 29 heavy (non-hydrogen) atoms. The van der Waals surface area contributed by atoms with Crippen molar-refractivity contribution < 1.29 is 23.9 Å². The fraction of sp³-hybridized carbons (Fsp3) is 0.381. The molecule has 0 radical (unpaired) electrons. The first kappa shape index (κ1) is 20.9. The van der Waals surface area contributed by atoms with Crippen LogP contribution in [0.2, 0.25) is 0 Å². The maximum Gasteiger partial charge on any atom is 0.341 e. The number of benzene rings is 1. The minimum absolute atomic E-state index is 0.0247. The van der Waals surface area contributed by atoms with Crippen molar-refractivity contribution in [1.82, 2.24) is 0 Å². The van der Waals surface area contributed by atoms with Gasteiger partial charge in [0, 0.05) is 10.8 Å². The molecule has 1 saturated carbocycles. The zero-order valence-corrected chi connectivity index (χ0v) is 17.7. The smallest absolute Gasteiger partial charge is 0.341 e. The molecule has 2 amide bonds. The molecule has 1 aliphatic carbocycles. The van der Waals surface area contributed by atoms with Gasteiger partial charge in [-0.3, -0.25) is 9.59 Å². The van der Waals surface area contributed by atoms with Crippen molar-refractivity contribution >= 4 is 39.8 Å². The molecule has 1 aliphatic rings. The minimum Gasteiger partial charge on any atom is -0.495 e. The molecule has 0 spiro atoms. The number of esters is 1. The summed E-state index contributed by atoms with van der Waals surface area (Å²) in [6, 6.07) is 5.40. The molecular weight excluding hydrogens is 392 g/mol. The molecule has 3 rings (SSSR count). The van der Waals surface area contributed by atoms with Crippen molar-refractivity contribution in [2.45, 2.75) is 33.6 Å². The number of hydrogen-bond acceptors (Lipinski definition) is 6. The van der Waals surface area contributed by atoms with Crippen molar-refractivity contribution in [3.8, 4) is 5.75 Å². The van der Waals surface area contributed by atoms with Crippen LogP contribution in [0.15, 0.2) is 18.2 Å². The first-order valence-electron chi connectivity index (χ1n) is 9.32. The molecule has 1 aromatic heterocycles. The maximum atomic E-state index is 12.6. The van der Waals surface area contributed by atoms with Gasteiger partial charge in [0.15, 0.2) is 6.61 Å². The maximum absolute atomic E-state index is 12.6. The van der Waals surface area contributed by atoms with Crippen molar-refractivity contribution in [2.75, 3.05) is 24.4 Å². The van der Waals surface area contributed by atoms with Gasteiger partial charge in [-0.2, -0.15) is 0 Å². The molecule has 0 unspecified atom stereocenters. The first-order valence-corrected chi connectivity index (χ1v) is 10.1. The highest BCUT2D eigenvalue weighted by molar-refractivity contribution is 7.16. The van der Waals surface area contributed by atoms with Gasteiger partial charge in [0.25, 0.3) is 5.91 Å². The van der Waals surface area contributed by atoms with Crippen LogP contribution in [-0.4, -0.2) is 31.5 Å². The molecule has 0 saturated heterocycles. The zero-order valence-electron chi connectivity index (χ0n) is 16.9. The van der Waals surface area contributed by atoms with Crippen LogP contribution in [0, 0.1) is 26.7 Å². The zero-order chi connectivity index (χ0) is 21.1. The number of ether oxygens (including phenoxy) is 2. The van der Waals surface area contributed by atoms with E-state index in [0.29, 0.717) is 22.0 Å². The molecule has 0 bridgehead atoms. The largest absolute Gasteiger partial charge is 0.495 e. The Hall–Kier alpha value is -2.87. The number of hydrogen-bond donors (Lipinski definition) is 2. The summed E-state index contributed by atoms with van der Waals surface area (Å²) in [5.41, 5.74) is 2.52. The lowest BCUT2D eigenvalue weighted by Gasteiger charge is -2.12. The molecule has 1 heterocycles. The number of methoxy groups -OCH3 is 1. The molecule has 1 aromatic carbocycles. The lowest BCUT2D eigenvalue weighted by molar-refractivity contribution is -0.119. The van der Waals surface area contributed by atoms with E-state index < -0.39 is 18.5 Å². The Morgan fingerprint density at radius 1 is 1.14 bits per heavy atom. The summed E-state index contributed by atoms with van der Waals surface area (Å²) in [5, 5.41) is 5.99. The van der Waals surface area contributed by atoms with Crippen molar-refractivity contribution in [3.05, 3.63) is 39.8 Å². The Morgan fingerprint density at radius 3 is 2.52 bits per heavy atom. The normalized spacial score (nSPS) is 13.0. The summed E-state index contributed by atoms with van der Waals surface area (Å²) in [4.78, 5) is 37.9. The second-order valence-electron chi connectivity index (χ2n) is 7.08. The SMILES string of the molecule is COc1ccc(C)cc1NC(=O)COC(=O)c1c(NC(=O)C2CC2)sc(C)c1C. The van der Waals surface area contributed by atoms with E-state index in [4.69, 9.17) is 9.47 Å². The molecular formula is C21H24N2O5S. The number of rotatable bonds is 7. The number of thiophene rings is 1. The summed E-state index contributed by atoms with van der Waals surface area (Å²) in [5.74, 6) is -0.648. The van der Waals surface area contributed by atoms with Gasteiger partial charge in [-0.05, 0) is 56.9 Å². The third-order valence-electron chi connectivity index (χ3n) is 4.74. The second-order valence-corrected chi connectivity index (χ2v) is 8.30. The van der Waals surface area contributed by atoms with Crippen LogP contribution in [0.1, 0.15) is 39.2 Å². The lowest BCUT2D eigenvalue weighted by atomic mass is 10.1. The van der Waals surface area contributed by atoms with Gasteiger partial charge < -0.3 is 20.1 Å². The van der Waals surface area contributed by atoms with Gasteiger partial charge in [0.1, 0.15) is 10.8 Å². The van der Waals surface area contributed by atoms with Crippen LogP contribution < -0.4 is 15.4 Å². The number of nitrogens with one attached hydrogen (secondary N) is 2. The third kappa shape index (κ3) is 4.95. The lowest BCUT2D eigenvalue weighted by Crippen LogP contribution is -2.22. The van der Waals surface area contributed by atoms with Crippen LogP contribution in [0.25, 0.3) is 0 Å². The summed E-state index contributed by atoms with van der Waals surface area (Å²) < 4.78 is 10.5. The number of aryl methyl sites for hydroxylation is 2. The summed E-state index contributed by atoms with van der Waals surface area (Å²) >= 11 is 1.34. The topological polar surface area (TPSA) is 93.7 Å². The number of carbonyl (C=O) groups is 3. The predicted molar refractivity (Wildman–Crippen MR) is 112 cm³/mol. The third-order valence-corrected chi connectivity index (χ3v) is 5.86. The Labute approximate surface area is 173 Å². The molecule has 7 nitrogen and oxygen atoms in total.